The van der Waals surface area contributed by atoms with Crippen molar-refractivity contribution >= 4 is 12.2 Å². The van der Waals surface area contributed by atoms with Crippen LogP contribution in [0.25, 0.3) is 12.2 Å². The molecule has 2 aliphatic rings. The van der Waals surface area contributed by atoms with E-state index in [9.17, 15) is 0 Å². The Kier molecular flexibility index (Phi) is 5.52. The van der Waals surface area contributed by atoms with E-state index >= 15 is 0 Å². The molecule has 2 aromatic rings. The maximum Gasteiger partial charge on any atom is 0 e. The van der Waals surface area contributed by atoms with Crippen LogP contribution in [0, 0.1) is 12.2 Å². The zero-order valence-electron chi connectivity index (χ0n) is 12.4. The Bertz CT molecular complexity index is 608. The van der Waals surface area contributed by atoms with E-state index in [0.717, 1.165) is 0 Å². The molecular formula is C20H18Hf-2. The number of rotatable bonds is 0. The summed E-state index contributed by atoms with van der Waals surface area (Å²) in [4.78, 5) is 0. The van der Waals surface area contributed by atoms with Gasteiger partial charge in [0.25, 0.3) is 0 Å². The molecule has 0 N–H and O–H groups in total. The Morgan fingerprint density at radius 1 is 0.667 bits per heavy atom. The van der Waals surface area contributed by atoms with E-state index in [1.165, 1.54) is 22.3 Å². The predicted octanol–water partition coefficient (Wildman–Crippen LogP) is 5.24. The van der Waals surface area contributed by atoms with Crippen LogP contribution >= 0.6 is 0 Å². The molecule has 2 aromatic carbocycles. The number of allylic oxidation sites excluding steroid dienone is 2. The van der Waals surface area contributed by atoms with Crippen LogP contribution in [-0.2, 0) is 25.8 Å². The van der Waals surface area contributed by atoms with Gasteiger partial charge in [0.15, 0.2) is 0 Å². The number of fused-ring (bicyclic) bond motifs is 2. The standard InChI is InChI=1S/2C10H9.Hf/c2*1-8-6-7-9-4-2-3-5-10(8)9;/h2*2-5,7-8H,1H3;/q2*-1;. The van der Waals surface area contributed by atoms with E-state index in [1.807, 2.05) is 0 Å². The molecule has 0 bridgehead atoms. The van der Waals surface area contributed by atoms with Crippen molar-refractivity contribution in [3.63, 3.8) is 0 Å². The fourth-order valence-corrected chi connectivity index (χ4v) is 2.68. The van der Waals surface area contributed by atoms with Crippen LogP contribution in [0.2, 0.25) is 0 Å². The van der Waals surface area contributed by atoms with Crippen LogP contribution in [0.3, 0.4) is 0 Å². The average molecular weight is 437 g/mol. The molecule has 0 heterocycles. The quantitative estimate of drug-likeness (QED) is 0.391. The molecular weight excluding hydrogens is 419 g/mol. The van der Waals surface area contributed by atoms with Gasteiger partial charge in [-0.2, -0.15) is 11.1 Å². The monoisotopic (exact) mass is 438 g/mol. The maximum atomic E-state index is 3.26. The van der Waals surface area contributed by atoms with Crippen LogP contribution < -0.4 is 0 Å². The summed E-state index contributed by atoms with van der Waals surface area (Å²) in [7, 11) is 0. The normalized spacial score (nSPS) is 20.1. The van der Waals surface area contributed by atoms with E-state index in [0.29, 0.717) is 11.8 Å². The summed E-state index contributed by atoms with van der Waals surface area (Å²) in [6.45, 7) is 4.34. The molecule has 0 saturated carbocycles. The first-order valence-corrected chi connectivity index (χ1v) is 7.12. The molecule has 1 heteroatoms. The molecule has 0 fully saturated rings. The molecule has 2 unspecified atom stereocenters. The van der Waals surface area contributed by atoms with Crippen molar-refractivity contribution in [3.05, 3.63) is 82.9 Å². The first-order valence-electron chi connectivity index (χ1n) is 7.12. The molecule has 0 aliphatic heterocycles. The first-order chi connectivity index (χ1) is 9.75. The number of hydrogen-bond donors (Lipinski definition) is 0. The Morgan fingerprint density at radius 2 is 1.05 bits per heavy atom. The summed E-state index contributed by atoms with van der Waals surface area (Å²) in [6, 6.07) is 16.9. The van der Waals surface area contributed by atoms with Crippen molar-refractivity contribution in [3.8, 4) is 0 Å². The maximum absolute atomic E-state index is 3.26. The molecule has 4 rings (SSSR count). The Morgan fingerprint density at radius 3 is 1.43 bits per heavy atom. The van der Waals surface area contributed by atoms with Crippen LogP contribution in [-0.4, -0.2) is 0 Å². The van der Waals surface area contributed by atoms with Gasteiger partial charge in [-0.3, -0.25) is 12.2 Å². The van der Waals surface area contributed by atoms with Crippen molar-refractivity contribution < 1.29 is 25.8 Å². The van der Waals surface area contributed by atoms with E-state index in [4.69, 9.17) is 0 Å². The van der Waals surface area contributed by atoms with Crippen molar-refractivity contribution in [2.45, 2.75) is 25.7 Å². The molecule has 0 radical (unpaired) electrons. The molecule has 21 heavy (non-hydrogen) atoms. The van der Waals surface area contributed by atoms with Crippen LogP contribution in [0.15, 0.2) is 48.5 Å². The SMILES string of the molecule is CC1[C-]=Cc2ccccc21.CC1[C-]=Cc2ccccc21.[Hf]. The van der Waals surface area contributed by atoms with E-state index < -0.39 is 0 Å². The van der Waals surface area contributed by atoms with Gasteiger partial charge in [-0.25, -0.2) is 12.2 Å². The van der Waals surface area contributed by atoms with Gasteiger partial charge in [0.2, 0.25) is 0 Å². The molecule has 2 aliphatic carbocycles. The van der Waals surface area contributed by atoms with Gasteiger partial charge < -0.3 is 0 Å². The second kappa shape index (κ2) is 7.17. The summed E-state index contributed by atoms with van der Waals surface area (Å²) in [6.07, 6.45) is 10.7. The van der Waals surface area contributed by atoms with Gasteiger partial charge in [-0.15, -0.1) is 23.3 Å². The summed E-state index contributed by atoms with van der Waals surface area (Å²) in [5.41, 5.74) is 5.47. The van der Waals surface area contributed by atoms with Crippen molar-refractivity contribution in [2.24, 2.45) is 0 Å². The van der Waals surface area contributed by atoms with Crippen LogP contribution in [0.1, 0.15) is 47.9 Å². The smallest absolute Gasteiger partial charge is 0 e. The third kappa shape index (κ3) is 3.52. The molecule has 0 saturated heterocycles. The topological polar surface area (TPSA) is 0 Å². The Balaban J connectivity index is 0.000000147. The van der Waals surface area contributed by atoms with Crippen LogP contribution in [0.5, 0.6) is 0 Å². The van der Waals surface area contributed by atoms with E-state index in [1.54, 1.807) is 0 Å². The molecule has 0 nitrogen and oxygen atoms in total. The van der Waals surface area contributed by atoms with E-state index in [-0.39, 0.29) is 25.8 Å². The summed E-state index contributed by atoms with van der Waals surface area (Å²) >= 11 is 0. The third-order valence-electron chi connectivity index (χ3n) is 3.90. The number of benzene rings is 2. The third-order valence-corrected chi connectivity index (χ3v) is 3.90. The Hall–Kier alpha value is -1.21. The zero-order chi connectivity index (χ0) is 13.9. The molecule has 0 spiro atoms. The minimum absolute atomic E-state index is 0. The summed E-state index contributed by atoms with van der Waals surface area (Å²) < 4.78 is 0. The van der Waals surface area contributed by atoms with Crippen LogP contribution in [0.4, 0.5) is 0 Å². The minimum atomic E-state index is 0. The fraction of sp³-hybridized carbons (Fsp3) is 0.200. The molecule has 0 amide bonds. The largest absolute Gasteiger partial charge is 0.269 e. The first kappa shape index (κ1) is 16.2. The fourth-order valence-electron chi connectivity index (χ4n) is 2.68. The second-order valence-corrected chi connectivity index (χ2v) is 5.32. The minimum Gasteiger partial charge on any atom is -0.269 e. The van der Waals surface area contributed by atoms with Crippen molar-refractivity contribution in [1.29, 1.82) is 0 Å². The van der Waals surface area contributed by atoms with Gasteiger partial charge in [0.1, 0.15) is 0 Å². The average Bonchev–Trinajstić information content (AvgIpc) is 3.05. The number of hydrogen-bond acceptors (Lipinski definition) is 0. The van der Waals surface area contributed by atoms with Crippen molar-refractivity contribution in [1.82, 2.24) is 0 Å². The van der Waals surface area contributed by atoms with Gasteiger partial charge in [-0.05, 0) is 0 Å². The van der Waals surface area contributed by atoms with Crippen molar-refractivity contribution in [2.75, 3.05) is 0 Å². The van der Waals surface area contributed by atoms with Gasteiger partial charge >= 0.3 is 0 Å². The van der Waals surface area contributed by atoms with E-state index in [2.05, 4.69) is 86.7 Å². The summed E-state index contributed by atoms with van der Waals surface area (Å²) in [5, 5.41) is 0. The van der Waals surface area contributed by atoms with Gasteiger partial charge in [-0.1, -0.05) is 62.1 Å². The molecule has 0 aromatic heterocycles. The summed E-state index contributed by atoms with van der Waals surface area (Å²) in [5.74, 6) is 0.993. The molecule has 104 valence electrons. The Labute approximate surface area is 146 Å². The second-order valence-electron chi connectivity index (χ2n) is 5.32. The molecule has 2 atom stereocenters. The zero-order valence-corrected chi connectivity index (χ0v) is 16.0. The predicted molar refractivity (Wildman–Crippen MR) is 85.1 cm³/mol. The van der Waals surface area contributed by atoms with Gasteiger partial charge in [0.05, 0.1) is 0 Å². The van der Waals surface area contributed by atoms with Gasteiger partial charge in [0, 0.05) is 25.8 Å².